The third-order valence-corrected chi connectivity index (χ3v) is 3.76. The second kappa shape index (κ2) is 10.3. The molecule has 0 atom stereocenters. The standard InChI is InChI=1S/C14H26N2OS/c1-4-8-14(12-15,9-5-2)13(17)16-10-6-7-11-18-3/h4-11H2,1-3H3,(H,16,17). The van der Waals surface area contributed by atoms with E-state index in [1.165, 1.54) is 0 Å². The molecule has 3 nitrogen and oxygen atoms in total. The van der Waals surface area contributed by atoms with Gasteiger partial charge in [-0.3, -0.25) is 4.79 Å². The molecule has 0 aliphatic rings. The summed E-state index contributed by atoms with van der Waals surface area (Å²) in [4.78, 5) is 12.2. The molecule has 4 heteroatoms. The van der Waals surface area contributed by atoms with Crippen LogP contribution >= 0.6 is 11.8 Å². The molecule has 0 aromatic rings. The van der Waals surface area contributed by atoms with Gasteiger partial charge in [-0.05, 0) is 37.7 Å². The van der Waals surface area contributed by atoms with E-state index in [1.807, 2.05) is 25.6 Å². The van der Waals surface area contributed by atoms with Crippen LogP contribution in [0.2, 0.25) is 0 Å². The topological polar surface area (TPSA) is 52.9 Å². The first kappa shape index (κ1) is 17.3. The third-order valence-electron chi connectivity index (χ3n) is 3.06. The van der Waals surface area contributed by atoms with Crippen molar-refractivity contribution in [2.45, 2.75) is 52.4 Å². The van der Waals surface area contributed by atoms with Gasteiger partial charge in [-0.25, -0.2) is 0 Å². The summed E-state index contributed by atoms with van der Waals surface area (Å²) in [6, 6.07) is 2.25. The first-order valence-electron chi connectivity index (χ1n) is 6.85. The predicted octanol–water partition coefficient (Wildman–Crippen LogP) is 3.36. The minimum atomic E-state index is -0.803. The Morgan fingerprint density at radius 3 is 2.33 bits per heavy atom. The molecule has 0 spiro atoms. The number of nitrogens with one attached hydrogen (secondary N) is 1. The van der Waals surface area contributed by atoms with E-state index in [9.17, 15) is 10.1 Å². The Morgan fingerprint density at radius 1 is 1.28 bits per heavy atom. The SMILES string of the molecule is CCCC(C#N)(CCC)C(=O)NCCCCSC. The van der Waals surface area contributed by atoms with E-state index >= 15 is 0 Å². The van der Waals surface area contributed by atoms with E-state index in [1.54, 1.807) is 0 Å². The van der Waals surface area contributed by atoms with Crippen molar-refractivity contribution in [3.8, 4) is 6.07 Å². The van der Waals surface area contributed by atoms with E-state index in [4.69, 9.17) is 0 Å². The summed E-state index contributed by atoms with van der Waals surface area (Å²) in [5.41, 5.74) is -0.803. The Balaban J connectivity index is 4.26. The van der Waals surface area contributed by atoms with Crippen molar-refractivity contribution in [1.29, 1.82) is 5.26 Å². The van der Waals surface area contributed by atoms with E-state index in [0.717, 1.165) is 31.4 Å². The minimum Gasteiger partial charge on any atom is -0.355 e. The minimum absolute atomic E-state index is 0.0714. The summed E-state index contributed by atoms with van der Waals surface area (Å²) >= 11 is 1.82. The molecule has 0 aromatic heterocycles. The number of hydrogen-bond donors (Lipinski definition) is 1. The Kier molecular flexibility index (Phi) is 9.86. The van der Waals surface area contributed by atoms with Crippen molar-refractivity contribution < 1.29 is 4.79 Å². The number of nitrogens with zero attached hydrogens (tertiary/aromatic N) is 1. The first-order valence-corrected chi connectivity index (χ1v) is 8.24. The second-order valence-corrected chi connectivity index (χ2v) is 5.64. The van der Waals surface area contributed by atoms with Gasteiger partial charge in [-0.2, -0.15) is 17.0 Å². The van der Waals surface area contributed by atoms with Gasteiger partial charge in [0.2, 0.25) is 5.91 Å². The van der Waals surface area contributed by atoms with Crippen LogP contribution in [-0.4, -0.2) is 24.5 Å². The van der Waals surface area contributed by atoms with E-state index < -0.39 is 5.41 Å². The lowest BCUT2D eigenvalue weighted by Crippen LogP contribution is -2.40. The van der Waals surface area contributed by atoms with Crippen LogP contribution in [0.3, 0.4) is 0 Å². The molecule has 18 heavy (non-hydrogen) atoms. The molecule has 0 saturated carbocycles. The first-order chi connectivity index (χ1) is 8.66. The van der Waals surface area contributed by atoms with E-state index in [0.29, 0.717) is 19.4 Å². The van der Waals surface area contributed by atoms with Gasteiger partial charge in [-0.1, -0.05) is 26.7 Å². The van der Waals surface area contributed by atoms with Gasteiger partial charge in [0.1, 0.15) is 5.41 Å². The maximum absolute atomic E-state index is 12.2. The highest BCUT2D eigenvalue weighted by Crippen LogP contribution is 2.29. The molecule has 0 fully saturated rings. The van der Waals surface area contributed by atoms with Crippen molar-refractivity contribution in [1.82, 2.24) is 5.32 Å². The third kappa shape index (κ3) is 5.77. The zero-order valence-corrected chi connectivity index (χ0v) is 12.7. The fraction of sp³-hybridized carbons (Fsp3) is 0.857. The van der Waals surface area contributed by atoms with Crippen LogP contribution in [0.15, 0.2) is 0 Å². The van der Waals surface area contributed by atoms with Crippen LogP contribution in [0.1, 0.15) is 52.4 Å². The maximum atomic E-state index is 12.2. The van der Waals surface area contributed by atoms with E-state index in [-0.39, 0.29) is 5.91 Å². The number of carbonyl (C=O) groups excluding carboxylic acids is 1. The zero-order valence-electron chi connectivity index (χ0n) is 11.9. The number of rotatable bonds is 10. The van der Waals surface area contributed by atoms with Crippen molar-refractivity contribution >= 4 is 17.7 Å². The Labute approximate surface area is 116 Å². The normalized spacial score (nSPS) is 11.0. The second-order valence-electron chi connectivity index (χ2n) is 4.65. The Morgan fingerprint density at radius 2 is 1.89 bits per heavy atom. The molecule has 104 valence electrons. The van der Waals surface area contributed by atoms with Gasteiger partial charge >= 0.3 is 0 Å². The molecular weight excluding hydrogens is 244 g/mol. The summed E-state index contributed by atoms with van der Waals surface area (Å²) in [6.07, 6.45) is 7.25. The number of nitriles is 1. The number of thioether (sulfide) groups is 1. The van der Waals surface area contributed by atoms with Crippen LogP contribution in [0, 0.1) is 16.7 Å². The average Bonchev–Trinajstić information content (AvgIpc) is 2.37. The lowest BCUT2D eigenvalue weighted by atomic mass is 9.80. The highest BCUT2D eigenvalue weighted by molar-refractivity contribution is 7.98. The van der Waals surface area contributed by atoms with Gasteiger partial charge < -0.3 is 5.32 Å². The van der Waals surface area contributed by atoms with Gasteiger partial charge in [0.15, 0.2) is 0 Å². The summed E-state index contributed by atoms with van der Waals surface area (Å²) < 4.78 is 0. The summed E-state index contributed by atoms with van der Waals surface area (Å²) in [7, 11) is 0. The molecule has 0 radical (unpaired) electrons. The molecule has 1 amide bonds. The molecule has 0 bridgehead atoms. The quantitative estimate of drug-likeness (QED) is 0.619. The zero-order chi connectivity index (χ0) is 13.9. The number of unbranched alkanes of at least 4 members (excludes halogenated alkanes) is 1. The molecule has 0 unspecified atom stereocenters. The number of amides is 1. The summed E-state index contributed by atoms with van der Waals surface area (Å²) in [5.74, 6) is 1.06. The van der Waals surface area contributed by atoms with Gasteiger partial charge in [0.05, 0.1) is 6.07 Å². The van der Waals surface area contributed by atoms with Crippen molar-refractivity contribution in [2.75, 3.05) is 18.6 Å². The molecule has 0 saturated heterocycles. The number of carbonyl (C=O) groups is 1. The lowest BCUT2D eigenvalue weighted by molar-refractivity contribution is -0.128. The Bertz CT molecular complexity index is 267. The van der Waals surface area contributed by atoms with Crippen molar-refractivity contribution in [3.05, 3.63) is 0 Å². The Hall–Kier alpha value is -0.690. The van der Waals surface area contributed by atoms with E-state index in [2.05, 4.69) is 17.6 Å². The smallest absolute Gasteiger partial charge is 0.240 e. The highest BCUT2D eigenvalue weighted by Gasteiger charge is 2.36. The fourth-order valence-corrected chi connectivity index (χ4v) is 2.60. The van der Waals surface area contributed by atoms with Crippen LogP contribution in [0.5, 0.6) is 0 Å². The van der Waals surface area contributed by atoms with Crippen molar-refractivity contribution in [3.63, 3.8) is 0 Å². The molecule has 0 aliphatic carbocycles. The van der Waals surface area contributed by atoms with Gasteiger partial charge in [0, 0.05) is 6.54 Å². The van der Waals surface area contributed by atoms with Gasteiger partial charge in [0.25, 0.3) is 0 Å². The summed E-state index contributed by atoms with van der Waals surface area (Å²) in [5, 5.41) is 12.3. The van der Waals surface area contributed by atoms with Crippen LogP contribution < -0.4 is 5.32 Å². The van der Waals surface area contributed by atoms with Crippen molar-refractivity contribution in [2.24, 2.45) is 5.41 Å². The molecular formula is C14H26N2OS. The number of hydrogen-bond acceptors (Lipinski definition) is 3. The molecule has 0 aromatic carbocycles. The summed E-state index contributed by atoms with van der Waals surface area (Å²) in [6.45, 7) is 4.73. The largest absolute Gasteiger partial charge is 0.355 e. The molecule has 0 aliphatic heterocycles. The highest BCUT2D eigenvalue weighted by atomic mass is 32.2. The maximum Gasteiger partial charge on any atom is 0.240 e. The van der Waals surface area contributed by atoms with Crippen LogP contribution in [0.4, 0.5) is 0 Å². The molecule has 0 rings (SSSR count). The van der Waals surface area contributed by atoms with Crippen LogP contribution in [0.25, 0.3) is 0 Å². The monoisotopic (exact) mass is 270 g/mol. The van der Waals surface area contributed by atoms with Crippen LogP contribution in [-0.2, 0) is 4.79 Å². The lowest BCUT2D eigenvalue weighted by Gasteiger charge is -2.24. The average molecular weight is 270 g/mol. The molecule has 0 heterocycles. The fourth-order valence-electron chi connectivity index (χ4n) is 2.11. The molecule has 1 N–H and O–H groups in total. The predicted molar refractivity (Wildman–Crippen MR) is 78.5 cm³/mol. The van der Waals surface area contributed by atoms with Gasteiger partial charge in [-0.15, -0.1) is 0 Å².